The van der Waals surface area contributed by atoms with E-state index in [4.69, 9.17) is 10.9 Å². The molecule has 1 rings (SSSR count). The number of benzene rings is 1. The molecule has 0 saturated heterocycles. The van der Waals surface area contributed by atoms with Crippen LogP contribution in [-0.2, 0) is 5.41 Å². The van der Waals surface area contributed by atoms with Crippen LogP contribution in [0.2, 0.25) is 0 Å². The molecule has 0 heterocycles. The SMILES string of the molecule is CC(C)(C)c1ccc(SCC/C(N)=N/O)cc1. The molecular formula is C13H20N2OS. The van der Waals surface area contributed by atoms with E-state index in [1.807, 2.05) is 0 Å². The monoisotopic (exact) mass is 252 g/mol. The summed E-state index contributed by atoms with van der Waals surface area (Å²) >= 11 is 1.71. The fraction of sp³-hybridized carbons (Fsp3) is 0.462. The molecule has 0 unspecified atom stereocenters. The molecule has 0 fully saturated rings. The molecule has 0 bridgehead atoms. The van der Waals surface area contributed by atoms with Gasteiger partial charge in [0.1, 0.15) is 5.84 Å². The fourth-order valence-corrected chi connectivity index (χ4v) is 2.25. The maximum absolute atomic E-state index is 8.41. The van der Waals surface area contributed by atoms with E-state index in [1.54, 1.807) is 11.8 Å². The number of thioether (sulfide) groups is 1. The average molecular weight is 252 g/mol. The Morgan fingerprint density at radius 1 is 1.29 bits per heavy atom. The Balaban J connectivity index is 2.52. The van der Waals surface area contributed by atoms with Crippen LogP contribution < -0.4 is 5.73 Å². The van der Waals surface area contributed by atoms with Crippen LogP contribution in [-0.4, -0.2) is 16.8 Å². The number of oxime groups is 1. The molecule has 0 amide bonds. The summed E-state index contributed by atoms with van der Waals surface area (Å²) in [5.74, 6) is 1.11. The van der Waals surface area contributed by atoms with Crippen LogP contribution in [0, 0.1) is 0 Å². The first-order valence-electron chi connectivity index (χ1n) is 5.63. The molecule has 0 radical (unpaired) electrons. The summed E-state index contributed by atoms with van der Waals surface area (Å²) in [6, 6.07) is 8.56. The van der Waals surface area contributed by atoms with E-state index in [1.165, 1.54) is 10.5 Å². The van der Waals surface area contributed by atoms with Crippen molar-refractivity contribution >= 4 is 17.6 Å². The summed E-state index contributed by atoms with van der Waals surface area (Å²) in [5, 5.41) is 11.4. The van der Waals surface area contributed by atoms with Crippen molar-refractivity contribution in [2.75, 3.05) is 5.75 Å². The smallest absolute Gasteiger partial charge is 0.139 e. The standard InChI is InChI=1S/C13H20N2OS/c1-13(2,3)10-4-6-11(7-5-10)17-9-8-12(14)15-16/h4-7,16H,8-9H2,1-3H3,(H2,14,15). The van der Waals surface area contributed by atoms with Gasteiger partial charge in [0, 0.05) is 17.1 Å². The Hall–Kier alpha value is -1.16. The third kappa shape index (κ3) is 4.69. The van der Waals surface area contributed by atoms with Crippen molar-refractivity contribution in [2.24, 2.45) is 10.9 Å². The minimum absolute atomic E-state index is 0.192. The maximum atomic E-state index is 8.41. The molecule has 0 aliphatic heterocycles. The third-order valence-electron chi connectivity index (χ3n) is 2.48. The highest BCUT2D eigenvalue weighted by atomic mass is 32.2. The van der Waals surface area contributed by atoms with E-state index >= 15 is 0 Å². The van der Waals surface area contributed by atoms with E-state index in [-0.39, 0.29) is 11.3 Å². The largest absolute Gasteiger partial charge is 0.409 e. The summed E-state index contributed by atoms with van der Waals surface area (Å²) < 4.78 is 0. The molecule has 0 saturated carbocycles. The highest BCUT2D eigenvalue weighted by molar-refractivity contribution is 7.99. The van der Waals surface area contributed by atoms with Crippen molar-refractivity contribution in [3.63, 3.8) is 0 Å². The van der Waals surface area contributed by atoms with Crippen molar-refractivity contribution < 1.29 is 5.21 Å². The van der Waals surface area contributed by atoms with Gasteiger partial charge < -0.3 is 10.9 Å². The summed E-state index contributed by atoms with van der Waals surface area (Å²) in [4.78, 5) is 1.21. The summed E-state index contributed by atoms with van der Waals surface area (Å²) in [5.41, 5.74) is 6.93. The molecule has 0 aliphatic rings. The Morgan fingerprint density at radius 3 is 2.35 bits per heavy atom. The maximum Gasteiger partial charge on any atom is 0.139 e. The second kappa shape index (κ2) is 5.96. The Morgan fingerprint density at radius 2 is 1.88 bits per heavy atom. The molecule has 0 aromatic heterocycles. The Labute approximate surface area is 107 Å². The minimum atomic E-state index is 0.192. The van der Waals surface area contributed by atoms with E-state index in [0.717, 1.165) is 5.75 Å². The molecule has 3 N–H and O–H groups in total. The van der Waals surface area contributed by atoms with Crippen LogP contribution in [0.5, 0.6) is 0 Å². The Kier molecular flexibility index (Phi) is 4.87. The molecule has 0 atom stereocenters. The van der Waals surface area contributed by atoms with Gasteiger partial charge in [0.15, 0.2) is 0 Å². The van der Waals surface area contributed by atoms with Crippen molar-refractivity contribution in [3.05, 3.63) is 29.8 Å². The molecule has 1 aromatic rings. The number of hydrogen-bond acceptors (Lipinski definition) is 3. The molecule has 0 spiro atoms. The van der Waals surface area contributed by atoms with Crippen LogP contribution in [0.15, 0.2) is 34.3 Å². The van der Waals surface area contributed by atoms with Gasteiger partial charge in [-0.3, -0.25) is 0 Å². The zero-order chi connectivity index (χ0) is 12.9. The normalized spacial score (nSPS) is 12.8. The van der Waals surface area contributed by atoms with Crippen molar-refractivity contribution in [1.29, 1.82) is 0 Å². The van der Waals surface area contributed by atoms with E-state index in [9.17, 15) is 0 Å². The van der Waals surface area contributed by atoms with Crippen LogP contribution in [0.4, 0.5) is 0 Å². The zero-order valence-corrected chi connectivity index (χ0v) is 11.4. The summed E-state index contributed by atoms with van der Waals surface area (Å²) in [6.45, 7) is 6.61. The topological polar surface area (TPSA) is 58.6 Å². The predicted octanol–water partition coefficient (Wildman–Crippen LogP) is 3.21. The first kappa shape index (κ1) is 13.9. The lowest BCUT2D eigenvalue weighted by molar-refractivity contribution is 0.317. The zero-order valence-electron chi connectivity index (χ0n) is 10.6. The molecular weight excluding hydrogens is 232 g/mol. The van der Waals surface area contributed by atoms with Crippen LogP contribution in [0.25, 0.3) is 0 Å². The molecule has 94 valence electrons. The second-order valence-corrected chi connectivity index (χ2v) is 6.13. The molecule has 0 aliphatic carbocycles. The molecule has 1 aromatic carbocycles. The first-order chi connectivity index (χ1) is 7.93. The van der Waals surface area contributed by atoms with Crippen LogP contribution in [0.3, 0.4) is 0 Å². The highest BCUT2D eigenvalue weighted by Gasteiger charge is 2.12. The number of amidine groups is 1. The lowest BCUT2D eigenvalue weighted by atomic mass is 9.87. The van der Waals surface area contributed by atoms with Gasteiger partial charge in [-0.25, -0.2) is 0 Å². The summed E-state index contributed by atoms with van der Waals surface area (Å²) in [6.07, 6.45) is 0.599. The van der Waals surface area contributed by atoms with Gasteiger partial charge >= 0.3 is 0 Å². The van der Waals surface area contributed by atoms with Gasteiger partial charge in [-0.2, -0.15) is 0 Å². The lowest BCUT2D eigenvalue weighted by Gasteiger charge is -2.19. The lowest BCUT2D eigenvalue weighted by Crippen LogP contribution is -2.12. The summed E-state index contributed by atoms with van der Waals surface area (Å²) in [7, 11) is 0. The first-order valence-corrected chi connectivity index (χ1v) is 6.62. The number of nitrogens with zero attached hydrogens (tertiary/aromatic N) is 1. The van der Waals surface area contributed by atoms with E-state index in [0.29, 0.717) is 6.42 Å². The van der Waals surface area contributed by atoms with Gasteiger partial charge in [0.25, 0.3) is 0 Å². The predicted molar refractivity (Wildman–Crippen MR) is 73.9 cm³/mol. The number of nitrogens with two attached hydrogens (primary N) is 1. The van der Waals surface area contributed by atoms with Gasteiger partial charge in [-0.1, -0.05) is 38.1 Å². The van der Waals surface area contributed by atoms with Crippen LogP contribution in [0.1, 0.15) is 32.8 Å². The fourth-order valence-electron chi connectivity index (χ4n) is 1.37. The van der Waals surface area contributed by atoms with Crippen LogP contribution >= 0.6 is 11.8 Å². The van der Waals surface area contributed by atoms with Crippen molar-refractivity contribution in [2.45, 2.75) is 37.5 Å². The minimum Gasteiger partial charge on any atom is -0.409 e. The van der Waals surface area contributed by atoms with Gasteiger partial charge in [0.05, 0.1) is 0 Å². The quantitative estimate of drug-likeness (QED) is 0.284. The number of hydrogen-bond donors (Lipinski definition) is 2. The van der Waals surface area contributed by atoms with Gasteiger partial charge in [-0.15, -0.1) is 11.8 Å². The average Bonchev–Trinajstić information content (AvgIpc) is 2.28. The van der Waals surface area contributed by atoms with Crippen molar-refractivity contribution in [1.82, 2.24) is 0 Å². The van der Waals surface area contributed by atoms with E-state index < -0.39 is 0 Å². The molecule has 17 heavy (non-hydrogen) atoms. The van der Waals surface area contributed by atoms with E-state index in [2.05, 4.69) is 50.2 Å². The Bertz CT molecular complexity index is 379. The van der Waals surface area contributed by atoms with Gasteiger partial charge in [-0.05, 0) is 23.1 Å². The van der Waals surface area contributed by atoms with Gasteiger partial charge in [0.2, 0.25) is 0 Å². The second-order valence-electron chi connectivity index (χ2n) is 4.96. The molecule has 3 nitrogen and oxygen atoms in total. The highest BCUT2D eigenvalue weighted by Crippen LogP contribution is 2.25. The number of rotatable bonds is 4. The van der Waals surface area contributed by atoms with Crippen molar-refractivity contribution in [3.8, 4) is 0 Å². The molecule has 4 heteroatoms. The third-order valence-corrected chi connectivity index (χ3v) is 3.49.